The second-order valence-corrected chi connectivity index (χ2v) is 5.56. The Morgan fingerprint density at radius 1 is 1.17 bits per heavy atom. The quantitative estimate of drug-likeness (QED) is 0.697. The first-order chi connectivity index (χ1) is 11.1. The van der Waals surface area contributed by atoms with Crippen LogP contribution in [0.5, 0.6) is 0 Å². The van der Waals surface area contributed by atoms with Crippen LogP contribution in [0.3, 0.4) is 0 Å². The van der Waals surface area contributed by atoms with Gasteiger partial charge in [-0.05, 0) is 29.8 Å². The van der Waals surface area contributed by atoms with E-state index in [1.807, 2.05) is 24.4 Å². The van der Waals surface area contributed by atoms with Crippen molar-refractivity contribution in [2.75, 3.05) is 11.1 Å². The van der Waals surface area contributed by atoms with E-state index in [0.29, 0.717) is 16.5 Å². The summed E-state index contributed by atoms with van der Waals surface area (Å²) in [5.41, 5.74) is 1.12. The zero-order chi connectivity index (χ0) is 16.2. The number of pyridine rings is 1. The summed E-state index contributed by atoms with van der Waals surface area (Å²) in [6.07, 6.45) is 1.82. The number of benzene rings is 1. The fourth-order valence-corrected chi connectivity index (χ4v) is 2.69. The molecule has 2 heterocycles. The van der Waals surface area contributed by atoms with Gasteiger partial charge in [-0.3, -0.25) is 9.20 Å². The Morgan fingerprint density at radius 2 is 2.04 bits per heavy atom. The van der Waals surface area contributed by atoms with E-state index in [2.05, 4.69) is 15.5 Å². The fraction of sp³-hybridized carbons (Fsp3) is 0.0667. The number of nitrogens with one attached hydrogen (secondary N) is 1. The van der Waals surface area contributed by atoms with Crippen molar-refractivity contribution >= 4 is 35.0 Å². The van der Waals surface area contributed by atoms with E-state index < -0.39 is 5.97 Å². The van der Waals surface area contributed by atoms with Crippen LogP contribution in [0.15, 0.2) is 53.8 Å². The number of thioether (sulfide) groups is 1. The summed E-state index contributed by atoms with van der Waals surface area (Å²) in [5, 5.41) is 22.1. The van der Waals surface area contributed by atoms with Gasteiger partial charge in [-0.15, -0.1) is 10.2 Å². The number of carbonyl (C=O) groups excluding carboxylic acids is 2. The standard InChI is InChI=1S/C15H12N4O3S/c20-13(16-11-5-3-4-10(8-11)14(21)22)9-23-15-18-17-12-6-1-2-7-19(12)15/h1-8H,9H2,(H,16,20)(H,21,22)/p-1. The van der Waals surface area contributed by atoms with Crippen LogP contribution < -0.4 is 10.4 Å². The van der Waals surface area contributed by atoms with Crippen LogP contribution >= 0.6 is 11.8 Å². The van der Waals surface area contributed by atoms with Crippen LogP contribution in [-0.4, -0.2) is 32.2 Å². The molecule has 0 aliphatic rings. The highest BCUT2D eigenvalue weighted by Crippen LogP contribution is 2.17. The van der Waals surface area contributed by atoms with Gasteiger partial charge >= 0.3 is 0 Å². The molecular weight excluding hydrogens is 316 g/mol. The Kier molecular flexibility index (Phi) is 4.24. The highest BCUT2D eigenvalue weighted by Gasteiger charge is 2.09. The molecule has 3 rings (SSSR count). The van der Waals surface area contributed by atoms with Gasteiger partial charge in [0, 0.05) is 11.9 Å². The van der Waals surface area contributed by atoms with E-state index in [1.165, 1.54) is 23.9 Å². The molecule has 0 radical (unpaired) electrons. The fourth-order valence-electron chi connectivity index (χ4n) is 1.97. The van der Waals surface area contributed by atoms with Gasteiger partial charge in [-0.1, -0.05) is 30.0 Å². The number of aromatic carboxylic acids is 1. The smallest absolute Gasteiger partial charge is 0.234 e. The lowest BCUT2D eigenvalue weighted by molar-refractivity contribution is -0.255. The maximum Gasteiger partial charge on any atom is 0.234 e. The third-order valence-corrected chi connectivity index (χ3v) is 3.94. The SMILES string of the molecule is O=C(CSc1nnc2ccccn12)Nc1cccc(C(=O)[O-])c1. The monoisotopic (exact) mass is 327 g/mol. The molecule has 23 heavy (non-hydrogen) atoms. The average Bonchev–Trinajstić information content (AvgIpc) is 2.96. The van der Waals surface area contributed by atoms with Crippen molar-refractivity contribution in [3.8, 4) is 0 Å². The molecule has 0 saturated carbocycles. The molecule has 0 saturated heterocycles. The highest BCUT2D eigenvalue weighted by atomic mass is 32.2. The molecule has 0 unspecified atom stereocenters. The van der Waals surface area contributed by atoms with E-state index >= 15 is 0 Å². The molecule has 0 aliphatic carbocycles. The minimum Gasteiger partial charge on any atom is -0.545 e. The highest BCUT2D eigenvalue weighted by molar-refractivity contribution is 7.99. The lowest BCUT2D eigenvalue weighted by Gasteiger charge is -2.07. The summed E-state index contributed by atoms with van der Waals surface area (Å²) in [6.45, 7) is 0. The Bertz CT molecular complexity index is 878. The molecule has 0 spiro atoms. The number of rotatable bonds is 5. The van der Waals surface area contributed by atoms with E-state index in [9.17, 15) is 14.7 Å². The van der Waals surface area contributed by atoms with E-state index in [-0.39, 0.29) is 17.2 Å². The van der Waals surface area contributed by atoms with Gasteiger partial charge in [0.05, 0.1) is 11.7 Å². The predicted octanol–water partition coefficient (Wildman–Crippen LogP) is 0.824. The molecule has 7 nitrogen and oxygen atoms in total. The molecule has 0 fully saturated rings. The van der Waals surface area contributed by atoms with Crippen molar-refractivity contribution in [3.63, 3.8) is 0 Å². The number of aromatic nitrogens is 3. The first-order valence-corrected chi connectivity index (χ1v) is 7.66. The van der Waals surface area contributed by atoms with Crippen molar-refractivity contribution in [1.82, 2.24) is 14.6 Å². The molecule has 2 aromatic heterocycles. The number of hydrogen-bond donors (Lipinski definition) is 1. The lowest BCUT2D eigenvalue weighted by atomic mass is 10.2. The maximum absolute atomic E-state index is 12.0. The number of carbonyl (C=O) groups is 2. The van der Waals surface area contributed by atoms with Crippen molar-refractivity contribution in [3.05, 3.63) is 54.2 Å². The van der Waals surface area contributed by atoms with Crippen LogP contribution in [0.4, 0.5) is 5.69 Å². The third-order valence-electron chi connectivity index (χ3n) is 3.00. The molecule has 1 N–H and O–H groups in total. The van der Waals surface area contributed by atoms with Gasteiger partial charge in [-0.2, -0.15) is 0 Å². The van der Waals surface area contributed by atoms with E-state index in [4.69, 9.17) is 0 Å². The molecule has 8 heteroatoms. The van der Waals surface area contributed by atoms with Crippen LogP contribution in [0.25, 0.3) is 5.65 Å². The van der Waals surface area contributed by atoms with E-state index in [1.54, 1.807) is 16.5 Å². The van der Waals surface area contributed by atoms with Crippen LogP contribution in [0.1, 0.15) is 10.4 Å². The average molecular weight is 327 g/mol. The summed E-state index contributed by atoms with van der Waals surface area (Å²) in [6, 6.07) is 11.4. The zero-order valence-electron chi connectivity index (χ0n) is 11.8. The van der Waals surface area contributed by atoms with Crippen molar-refractivity contribution < 1.29 is 14.7 Å². The number of carboxylic acids is 1. The number of carboxylic acid groups (broad SMARTS) is 1. The first kappa shape index (κ1) is 15.0. The number of nitrogens with zero attached hydrogens (tertiary/aromatic N) is 3. The van der Waals surface area contributed by atoms with Crippen molar-refractivity contribution in [2.24, 2.45) is 0 Å². The maximum atomic E-state index is 12.0. The zero-order valence-corrected chi connectivity index (χ0v) is 12.6. The molecule has 3 aromatic rings. The topological polar surface area (TPSA) is 99.4 Å². The Hall–Kier alpha value is -2.87. The van der Waals surface area contributed by atoms with E-state index in [0.717, 1.165) is 0 Å². The van der Waals surface area contributed by atoms with Crippen LogP contribution in [-0.2, 0) is 4.79 Å². The number of anilines is 1. The molecule has 1 amide bonds. The summed E-state index contributed by atoms with van der Waals surface area (Å²) in [5.74, 6) is -1.42. The largest absolute Gasteiger partial charge is 0.545 e. The van der Waals surface area contributed by atoms with Gasteiger partial charge in [-0.25, -0.2) is 0 Å². The summed E-state index contributed by atoms with van der Waals surface area (Å²) >= 11 is 1.24. The normalized spacial score (nSPS) is 10.6. The number of amides is 1. The molecule has 0 aliphatic heterocycles. The van der Waals surface area contributed by atoms with Gasteiger partial charge in [0.1, 0.15) is 0 Å². The molecule has 0 atom stereocenters. The minimum atomic E-state index is -1.29. The Labute approximate surface area is 135 Å². The predicted molar refractivity (Wildman–Crippen MR) is 83.1 cm³/mol. The Morgan fingerprint density at radius 3 is 2.87 bits per heavy atom. The second-order valence-electron chi connectivity index (χ2n) is 4.62. The molecule has 0 bridgehead atoms. The third kappa shape index (κ3) is 3.49. The number of fused-ring (bicyclic) bond motifs is 1. The minimum absolute atomic E-state index is 0.0129. The Balaban J connectivity index is 1.64. The molecule has 1 aromatic carbocycles. The molecule has 116 valence electrons. The summed E-state index contributed by atoms with van der Waals surface area (Å²) in [7, 11) is 0. The summed E-state index contributed by atoms with van der Waals surface area (Å²) in [4.78, 5) is 22.8. The number of hydrogen-bond acceptors (Lipinski definition) is 6. The van der Waals surface area contributed by atoms with Gasteiger partial charge in [0.2, 0.25) is 5.91 Å². The first-order valence-electron chi connectivity index (χ1n) is 6.67. The van der Waals surface area contributed by atoms with Gasteiger partial charge < -0.3 is 15.2 Å². The molecular formula is C15H11N4O3S-. The van der Waals surface area contributed by atoms with Gasteiger partial charge in [0.15, 0.2) is 10.8 Å². The van der Waals surface area contributed by atoms with Crippen LogP contribution in [0, 0.1) is 0 Å². The summed E-state index contributed by atoms with van der Waals surface area (Å²) < 4.78 is 1.79. The second kappa shape index (κ2) is 6.49. The van der Waals surface area contributed by atoms with Crippen molar-refractivity contribution in [1.29, 1.82) is 0 Å². The van der Waals surface area contributed by atoms with Gasteiger partial charge in [0.25, 0.3) is 0 Å². The van der Waals surface area contributed by atoms with Crippen LogP contribution in [0.2, 0.25) is 0 Å². The van der Waals surface area contributed by atoms with Crippen molar-refractivity contribution in [2.45, 2.75) is 5.16 Å². The lowest BCUT2D eigenvalue weighted by Crippen LogP contribution is -2.22.